The molecule has 3 N–H and O–H groups in total. The van der Waals surface area contributed by atoms with Crippen LogP contribution in [0.3, 0.4) is 0 Å². The predicted molar refractivity (Wildman–Crippen MR) is 71.9 cm³/mol. The van der Waals surface area contributed by atoms with Gasteiger partial charge in [0.05, 0.1) is 12.1 Å². The van der Waals surface area contributed by atoms with Gasteiger partial charge in [-0.2, -0.15) is 0 Å². The van der Waals surface area contributed by atoms with E-state index in [1.165, 1.54) is 24.2 Å². The van der Waals surface area contributed by atoms with E-state index in [4.69, 9.17) is 5.73 Å². The van der Waals surface area contributed by atoms with Crippen LogP contribution in [0.15, 0.2) is 5.38 Å². The van der Waals surface area contributed by atoms with Crippen LogP contribution < -0.4 is 11.1 Å². The quantitative estimate of drug-likeness (QED) is 0.734. The Balaban J connectivity index is 2.09. The van der Waals surface area contributed by atoms with Crippen LogP contribution in [0.5, 0.6) is 0 Å². The number of aromatic nitrogens is 1. The van der Waals surface area contributed by atoms with E-state index in [1.807, 2.05) is 5.38 Å². The van der Waals surface area contributed by atoms with Crippen molar-refractivity contribution >= 4 is 22.4 Å². The number of carbonyl (C=O) groups excluding carboxylic acids is 1. The summed E-state index contributed by atoms with van der Waals surface area (Å²) >= 11 is 1.37. The van der Waals surface area contributed by atoms with Crippen molar-refractivity contribution in [3.8, 4) is 0 Å². The molecule has 0 unspecified atom stereocenters. The third kappa shape index (κ3) is 6.26. The average molecular weight is 255 g/mol. The Bertz CT molecular complexity index is 349. The zero-order valence-corrected chi connectivity index (χ0v) is 11.3. The monoisotopic (exact) mass is 255 g/mol. The number of carbonyl (C=O) groups is 1. The first kappa shape index (κ1) is 14.0. The number of nitrogens with zero attached hydrogens (tertiary/aromatic N) is 1. The van der Waals surface area contributed by atoms with E-state index in [0.29, 0.717) is 11.6 Å². The number of nitrogens with one attached hydrogen (secondary N) is 1. The minimum Gasteiger partial charge on any atom is -0.375 e. The molecule has 1 amide bonds. The first-order valence-electron chi connectivity index (χ1n) is 6.04. The third-order valence-corrected chi connectivity index (χ3v) is 3.16. The first-order valence-corrected chi connectivity index (χ1v) is 6.92. The Morgan fingerprint density at radius 2 is 2.29 bits per heavy atom. The maximum absolute atomic E-state index is 11.5. The zero-order chi connectivity index (χ0) is 12.7. The first-order chi connectivity index (χ1) is 8.08. The van der Waals surface area contributed by atoms with Crippen molar-refractivity contribution in [3.63, 3.8) is 0 Å². The summed E-state index contributed by atoms with van der Waals surface area (Å²) in [7, 11) is 0. The SMILES string of the molecule is CC(C)CCCCNC(=O)Cc1csc(N)n1. The molecule has 0 fully saturated rings. The standard InChI is InChI=1S/C12H21N3OS/c1-9(2)5-3-4-6-14-11(16)7-10-8-17-12(13)15-10/h8-9H,3-7H2,1-2H3,(H2,13,15)(H,14,16). The lowest BCUT2D eigenvalue weighted by Crippen LogP contribution is -2.26. The second-order valence-electron chi connectivity index (χ2n) is 4.59. The molecule has 1 heterocycles. The lowest BCUT2D eigenvalue weighted by molar-refractivity contribution is -0.120. The van der Waals surface area contributed by atoms with Crippen LogP contribution in [0.1, 0.15) is 38.8 Å². The van der Waals surface area contributed by atoms with Crippen LogP contribution >= 0.6 is 11.3 Å². The number of amides is 1. The Kier molecular flexibility index (Phi) is 5.97. The molecular weight excluding hydrogens is 234 g/mol. The highest BCUT2D eigenvalue weighted by atomic mass is 32.1. The molecule has 0 saturated carbocycles. The van der Waals surface area contributed by atoms with Gasteiger partial charge in [0.2, 0.25) is 5.91 Å². The molecule has 0 aliphatic heterocycles. The highest BCUT2D eigenvalue weighted by Crippen LogP contribution is 2.11. The van der Waals surface area contributed by atoms with E-state index in [2.05, 4.69) is 24.1 Å². The second kappa shape index (κ2) is 7.27. The molecule has 1 rings (SSSR count). The Morgan fingerprint density at radius 1 is 1.53 bits per heavy atom. The number of hydrogen-bond acceptors (Lipinski definition) is 4. The summed E-state index contributed by atoms with van der Waals surface area (Å²) < 4.78 is 0. The minimum atomic E-state index is 0.0276. The van der Waals surface area contributed by atoms with Gasteiger partial charge in [-0.15, -0.1) is 11.3 Å². The molecule has 0 radical (unpaired) electrons. The smallest absolute Gasteiger partial charge is 0.226 e. The zero-order valence-electron chi connectivity index (χ0n) is 10.5. The molecule has 96 valence electrons. The molecule has 0 saturated heterocycles. The largest absolute Gasteiger partial charge is 0.375 e. The highest BCUT2D eigenvalue weighted by Gasteiger charge is 2.05. The second-order valence-corrected chi connectivity index (χ2v) is 5.48. The Morgan fingerprint density at radius 3 is 2.88 bits per heavy atom. The van der Waals surface area contributed by atoms with Crippen LogP contribution in [0.2, 0.25) is 0 Å². The van der Waals surface area contributed by atoms with E-state index in [1.54, 1.807) is 0 Å². The van der Waals surface area contributed by atoms with Crippen molar-refractivity contribution in [1.82, 2.24) is 10.3 Å². The van der Waals surface area contributed by atoms with Gasteiger partial charge >= 0.3 is 0 Å². The van der Waals surface area contributed by atoms with E-state index < -0.39 is 0 Å². The summed E-state index contributed by atoms with van der Waals surface area (Å²) in [5, 5.41) is 5.24. The van der Waals surface area contributed by atoms with Crippen molar-refractivity contribution < 1.29 is 4.79 Å². The molecule has 0 atom stereocenters. The molecule has 0 aliphatic rings. The summed E-state index contributed by atoms with van der Waals surface area (Å²) in [6.45, 7) is 5.18. The number of nitrogens with two attached hydrogens (primary N) is 1. The van der Waals surface area contributed by atoms with E-state index in [-0.39, 0.29) is 5.91 Å². The summed E-state index contributed by atoms with van der Waals surface area (Å²) in [4.78, 5) is 15.6. The van der Waals surface area contributed by atoms with Crippen molar-refractivity contribution in [2.24, 2.45) is 5.92 Å². The van der Waals surface area contributed by atoms with Crippen molar-refractivity contribution in [2.45, 2.75) is 39.5 Å². The van der Waals surface area contributed by atoms with Crippen LogP contribution in [0.25, 0.3) is 0 Å². The molecular formula is C12H21N3OS. The van der Waals surface area contributed by atoms with E-state index in [0.717, 1.165) is 24.6 Å². The summed E-state index contributed by atoms with van der Waals surface area (Å²) in [5.74, 6) is 0.767. The van der Waals surface area contributed by atoms with Crippen molar-refractivity contribution in [1.29, 1.82) is 0 Å². The van der Waals surface area contributed by atoms with Gasteiger partial charge in [0, 0.05) is 11.9 Å². The van der Waals surface area contributed by atoms with E-state index >= 15 is 0 Å². The molecule has 1 aromatic rings. The molecule has 0 aliphatic carbocycles. The Labute approximate surface area is 107 Å². The molecule has 0 bridgehead atoms. The maximum Gasteiger partial charge on any atom is 0.226 e. The number of nitrogen functional groups attached to an aromatic ring is 1. The molecule has 1 aromatic heterocycles. The van der Waals surface area contributed by atoms with Gasteiger partial charge in [0.15, 0.2) is 5.13 Å². The van der Waals surface area contributed by atoms with Gasteiger partial charge in [-0.1, -0.05) is 26.7 Å². The van der Waals surface area contributed by atoms with Crippen LogP contribution in [0.4, 0.5) is 5.13 Å². The lowest BCUT2D eigenvalue weighted by atomic mass is 10.1. The fourth-order valence-corrected chi connectivity index (χ4v) is 2.10. The van der Waals surface area contributed by atoms with E-state index in [9.17, 15) is 4.79 Å². The topological polar surface area (TPSA) is 68.0 Å². The lowest BCUT2D eigenvalue weighted by Gasteiger charge is -2.05. The number of thiazole rings is 1. The van der Waals surface area contributed by atoms with Gasteiger partial charge < -0.3 is 11.1 Å². The minimum absolute atomic E-state index is 0.0276. The normalized spacial score (nSPS) is 10.8. The average Bonchev–Trinajstić information content (AvgIpc) is 2.63. The fraction of sp³-hybridized carbons (Fsp3) is 0.667. The predicted octanol–water partition coefficient (Wildman–Crippen LogP) is 2.21. The summed E-state index contributed by atoms with van der Waals surface area (Å²) in [6, 6.07) is 0. The Hall–Kier alpha value is -1.10. The van der Waals surface area contributed by atoms with Gasteiger partial charge in [-0.05, 0) is 12.3 Å². The fourth-order valence-electron chi connectivity index (χ4n) is 1.54. The third-order valence-electron chi connectivity index (χ3n) is 2.44. The van der Waals surface area contributed by atoms with Crippen LogP contribution in [-0.4, -0.2) is 17.4 Å². The van der Waals surface area contributed by atoms with Crippen LogP contribution in [-0.2, 0) is 11.2 Å². The molecule has 0 aromatic carbocycles. The summed E-state index contributed by atoms with van der Waals surface area (Å²) in [6.07, 6.45) is 3.76. The number of rotatable bonds is 7. The van der Waals surface area contributed by atoms with Crippen molar-refractivity contribution in [2.75, 3.05) is 12.3 Å². The molecule has 17 heavy (non-hydrogen) atoms. The molecule has 0 spiro atoms. The highest BCUT2D eigenvalue weighted by molar-refractivity contribution is 7.13. The maximum atomic E-state index is 11.5. The van der Waals surface area contributed by atoms with Crippen molar-refractivity contribution in [3.05, 3.63) is 11.1 Å². The summed E-state index contributed by atoms with van der Waals surface area (Å²) in [5.41, 5.74) is 6.25. The number of unbranched alkanes of at least 4 members (excludes halogenated alkanes) is 1. The molecule has 4 nitrogen and oxygen atoms in total. The number of anilines is 1. The van der Waals surface area contributed by atoms with Crippen LogP contribution in [0, 0.1) is 5.92 Å². The van der Waals surface area contributed by atoms with Gasteiger partial charge in [0.25, 0.3) is 0 Å². The van der Waals surface area contributed by atoms with Gasteiger partial charge in [0.1, 0.15) is 0 Å². The molecule has 5 heteroatoms. The van der Waals surface area contributed by atoms with Gasteiger partial charge in [-0.25, -0.2) is 4.98 Å². The number of hydrogen-bond donors (Lipinski definition) is 2. The van der Waals surface area contributed by atoms with Gasteiger partial charge in [-0.3, -0.25) is 4.79 Å².